The zero-order valence-electron chi connectivity index (χ0n) is 12.2. The fraction of sp³-hybridized carbons (Fsp3) is 0.0769. The average Bonchev–Trinajstić information content (AvgIpc) is 2.47. The minimum Gasteiger partial charge on any atom is -0.275 e. The molecule has 5 nitrogen and oxygen atoms in total. The van der Waals surface area contributed by atoms with Gasteiger partial charge in [0, 0.05) is 10.0 Å². The SMILES string of the molecule is O=S(=O)(c1ccc(Cl)cc1Cl)c1cc(Cl)ccc1NS(=O)(=O)C(F)(F)F. The predicted octanol–water partition coefficient (Wildman–Crippen LogP) is 4.74. The van der Waals surface area contributed by atoms with Gasteiger partial charge >= 0.3 is 15.5 Å². The Bertz CT molecular complexity index is 1070. The molecular weight excluding hydrogens is 462 g/mol. The van der Waals surface area contributed by atoms with Gasteiger partial charge in [-0.15, -0.1) is 0 Å². The van der Waals surface area contributed by atoms with Crippen LogP contribution in [-0.4, -0.2) is 22.3 Å². The van der Waals surface area contributed by atoms with Gasteiger partial charge in [0.15, 0.2) is 0 Å². The van der Waals surface area contributed by atoms with Crippen LogP contribution in [0.3, 0.4) is 0 Å². The lowest BCUT2D eigenvalue weighted by atomic mass is 10.3. The van der Waals surface area contributed by atoms with E-state index in [0.29, 0.717) is 0 Å². The van der Waals surface area contributed by atoms with Crippen molar-refractivity contribution in [3.05, 3.63) is 51.5 Å². The van der Waals surface area contributed by atoms with Crippen molar-refractivity contribution in [3.63, 3.8) is 0 Å². The molecule has 142 valence electrons. The van der Waals surface area contributed by atoms with Crippen molar-refractivity contribution in [1.29, 1.82) is 0 Å². The zero-order valence-corrected chi connectivity index (χ0v) is 16.1. The Kier molecular flexibility index (Phi) is 5.75. The molecule has 0 spiro atoms. The highest BCUT2D eigenvalue weighted by atomic mass is 35.5. The first-order chi connectivity index (χ1) is 11.8. The van der Waals surface area contributed by atoms with Crippen LogP contribution in [0.25, 0.3) is 0 Å². The third-order valence-corrected chi connectivity index (χ3v) is 6.81. The number of alkyl halides is 3. The third kappa shape index (κ3) is 4.20. The van der Waals surface area contributed by atoms with E-state index in [4.69, 9.17) is 34.8 Å². The van der Waals surface area contributed by atoms with E-state index in [-0.39, 0.29) is 15.1 Å². The van der Waals surface area contributed by atoms with E-state index in [2.05, 4.69) is 0 Å². The van der Waals surface area contributed by atoms with Crippen LogP contribution in [0.4, 0.5) is 18.9 Å². The van der Waals surface area contributed by atoms with Gasteiger partial charge in [0.2, 0.25) is 9.84 Å². The molecule has 0 aliphatic carbocycles. The second-order valence-corrected chi connectivity index (χ2v) is 9.61. The molecule has 0 aliphatic rings. The lowest BCUT2D eigenvalue weighted by molar-refractivity contribution is -0.0429. The molecule has 0 atom stereocenters. The molecule has 0 aromatic heterocycles. The number of nitrogens with one attached hydrogen (secondary N) is 1. The molecule has 0 bridgehead atoms. The topological polar surface area (TPSA) is 80.3 Å². The largest absolute Gasteiger partial charge is 0.516 e. The number of halogens is 6. The number of sulfonamides is 1. The molecule has 0 radical (unpaired) electrons. The number of anilines is 1. The summed E-state index contributed by atoms with van der Waals surface area (Å²) in [6.07, 6.45) is 0. The van der Waals surface area contributed by atoms with E-state index < -0.39 is 40.8 Å². The number of benzene rings is 2. The second-order valence-electron chi connectivity index (χ2n) is 4.77. The molecule has 2 aromatic rings. The van der Waals surface area contributed by atoms with Gasteiger partial charge in [0.05, 0.1) is 20.5 Å². The second kappa shape index (κ2) is 7.08. The number of hydrogen-bond acceptors (Lipinski definition) is 4. The molecular formula is C13H7Cl3F3NO4S2. The summed E-state index contributed by atoms with van der Waals surface area (Å²) in [5.41, 5.74) is -6.48. The fourth-order valence-corrected chi connectivity index (χ4v) is 4.91. The van der Waals surface area contributed by atoms with E-state index in [9.17, 15) is 30.0 Å². The minimum atomic E-state index is -5.86. The maximum atomic E-state index is 12.8. The molecule has 0 heterocycles. The van der Waals surface area contributed by atoms with Gasteiger partial charge < -0.3 is 0 Å². The van der Waals surface area contributed by atoms with E-state index in [1.165, 1.54) is 10.8 Å². The van der Waals surface area contributed by atoms with Crippen LogP contribution < -0.4 is 4.72 Å². The van der Waals surface area contributed by atoms with Crippen LogP contribution >= 0.6 is 34.8 Å². The van der Waals surface area contributed by atoms with Gasteiger partial charge in [0.25, 0.3) is 0 Å². The fourth-order valence-electron chi connectivity index (χ4n) is 1.82. The van der Waals surface area contributed by atoms with Crippen LogP contribution in [0.2, 0.25) is 15.1 Å². The van der Waals surface area contributed by atoms with Crippen LogP contribution in [-0.2, 0) is 19.9 Å². The van der Waals surface area contributed by atoms with Crippen molar-refractivity contribution in [2.24, 2.45) is 0 Å². The maximum absolute atomic E-state index is 12.8. The first kappa shape index (κ1) is 21.1. The van der Waals surface area contributed by atoms with Crippen LogP contribution in [0.1, 0.15) is 0 Å². The zero-order chi connectivity index (χ0) is 19.9. The lowest BCUT2D eigenvalue weighted by Crippen LogP contribution is -2.30. The molecule has 13 heteroatoms. The quantitative estimate of drug-likeness (QED) is 0.703. The minimum absolute atomic E-state index is 0.123. The van der Waals surface area contributed by atoms with E-state index in [0.717, 1.165) is 30.3 Å². The molecule has 0 unspecified atom stereocenters. The summed E-state index contributed by atoms with van der Waals surface area (Å²) < 4.78 is 87.2. The Morgan fingerprint density at radius 3 is 1.88 bits per heavy atom. The Balaban J connectivity index is 2.68. The highest BCUT2D eigenvalue weighted by Gasteiger charge is 2.46. The third-order valence-electron chi connectivity index (χ3n) is 2.97. The van der Waals surface area contributed by atoms with Gasteiger partial charge in [-0.25, -0.2) is 8.42 Å². The van der Waals surface area contributed by atoms with Crippen LogP contribution in [0, 0.1) is 0 Å². The Morgan fingerprint density at radius 1 is 0.808 bits per heavy atom. The van der Waals surface area contributed by atoms with Gasteiger partial charge in [-0.2, -0.15) is 21.6 Å². The summed E-state index contributed by atoms with van der Waals surface area (Å²) in [4.78, 5) is -1.29. The molecule has 0 saturated carbocycles. The van der Waals surface area contributed by atoms with E-state index >= 15 is 0 Å². The van der Waals surface area contributed by atoms with E-state index in [1.54, 1.807) is 0 Å². The molecule has 26 heavy (non-hydrogen) atoms. The molecule has 0 amide bonds. The summed E-state index contributed by atoms with van der Waals surface area (Å²) in [6.45, 7) is 0. The lowest BCUT2D eigenvalue weighted by Gasteiger charge is -2.15. The van der Waals surface area contributed by atoms with Crippen molar-refractivity contribution in [1.82, 2.24) is 0 Å². The Labute approximate surface area is 161 Å². The van der Waals surface area contributed by atoms with Crippen molar-refractivity contribution < 1.29 is 30.0 Å². The number of hydrogen-bond donors (Lipinski definition) is 1. The number of sulfone groups is 1. The monoisotopic (exact) mass is 467 g/mol. The highest BCUT2D eigenvalue weighted by molar-refractivity contribution is 7.94. The summed E-state index contributed by atoms with van der Waals surface area (Å²) >= 11 is 17.3. The Hall–Kier alpha value is -1.20. The summed E-state index contributed by atoms with van der Waals surface area (Å²) in [6, 6.07) is 5.96. The molecule has 0 fully saturated rings. The standard InChI is InChI=1S/C13H7Cl3F3NO4S2/c14-7-2-4-11(9(16)5-7)25(21,22)12-6-8(15)1-3-10(12)20-26(23,24)13(17,18)19/h1-6,20H. The van der Waals surface area contributed by atoms with Crippen molar-refractivity contribution in [3.8, 4) is 0 Å². The van der Waals surface area contributed by atoms with Gasteiger partial charge in [-0.3, -0.25) is 4.72 Å². The smallest absolute Gasteiger partial charge is 0.275 e. The first-order valence-electron chi connectivity index (χ1n) is 6.34. The predicted molar refractivity (Wildman–Crippen MR) is 92.0 cm³/mol. The van der Waals surface area contributed by atoms with Crippen LogP contribution in [0.15, 0.2) is 46.2 Å². The summed E-state index contributed by atoms with van der Waals surface area (Å²) in [5, 5.41) is -0.330. The molecule has 0 aliphatic heterocycles. The van der Waals surface area contributed by atoms with Crippen LogP contribution in [0.5, 0.6) is 0 Å². The highest BCUT2D eigenvalue weighted by Crippen LogP contribution is 2.36. The summed E-state index contributed by atoms with van der Waals surface area (Å²) in [5.74, 6) is 0. The van der Waals surface area contributed by atoms with Crippen molar-refractivity contribution in [2.45, 2.75) is 15.3 Å². The van der Waals surface area contributed by atoms with Gasteiger partial charge in [-0.05, 0) is 36.4 Å². The van der Waals surface area contributed by atoms with Crippen molar-refractivity contribution >= 4 is 60.4 Å². The molecule has 2 rings (SSSR count). The van der Waals surface area contributed by atoms with Crippen molar-refractivity contribution in [2.75, 3.05) is 4.72 Å². The summed E-state index contributed by atoms with van der Waals surface area (Å²) in [7, 11) is -10.4. The normalized spacial score (nSPS) is 12.8. The average molecular weight is 469 g/mol. The molecule has 0 saturated heterocycles. The maximum Gasteiger partial charge on any atom is 0.516 e. The van der Waals surface area contributed by atoms with Gasteiger partial charge in [-0.1, -0.05) is 34.8 Å². The van der Waals surface area contributed by atoms with E-state index in [1.807, 2.05) is 0 Å². The Morgan fingerprint density at radius 2 is 1.35 bits per heavy atom. The number of rotatable bonds is 4. The molecule has 2 aromatic carbocycles. The first-order valence-corrected chi connectivity index (χ1v) is 10.4. The molecule has 1 N–H and O–H groups in total. The van der Waals surface area contributed by atoms with Gasteiger partial charge in [0.1, 0.15) is 0 Å².